The van der Waals surface area contributed by atoms with E-state index in [2.05, 4.69) is 16.7 Å². The topological polar surface area (TPSA) is 85.7 Å². The van der Waals surface area contributed by atoms with Gasteiger partial charge in [0.25, 0.3) is 5.91 Å². The highest BCUT2D eigenvalue weighted by Gasteiger charge is 2.23. The lowest BCUT2D eigenvalue weighted by Crippen LogP contribution is -2.08. The summed E-state index contributed by atoms with van der Waals surface area (Å²) in [5, 5.41) is 0. The third-order valence-electron chi connectivity index (χ3n) is 2.98. The molecule has 2 aromatic rings. The molecule has 0 fully saturated rings. The fraction of sp³-hybridized carbons (Fsp3) is 0.133. The molecule has 6 nitrogen and oxygen atoms in total. The predicted molar refractivity (Wildman–Crippen MR) is 82.5 cm³/mol. The summed E-state index contributed by atoms with van der Waals surface area (Å²) >= 11 is 0. The average molecular weight is 318 g/mol. The highest BCUT2D eigenvalue weighted by atomic mass is 32.2. The molecule has 7 heteroatoms. The highest BCUT2D eigenvalue weighted by Crippen LogP contribution is 2.33. The van der Waals surface area contributed by atoms with Crippen LogP contribution >= 0.6 is 0 Å². The molecular formula is C15H14N2O4S. The average Bonchev–Trinajstić information content (AvgIpc) is 2.46. The first kappa shape index (κ1) is 15.8. The maximum atomic E-state index is 12.1. The van der Waals surface area contributed by atoms with Crippen LogP contribution in [-0.4, -0.2) is 32.3 Å². The lowest BCUT2D eigenvalue weighted by molar-refractivity contribution is 0.100. The number of aromatic nitrogens is 1. The number of nitrogens with zero attached hydrogens (tertiary/aromatic N) is 2. The van der Waals surface area contributed by atoms with Gasteiger partial charge >= 0.3 is 0 Å². The van der Waals surface area contributed by atoms with Gasteiger partial charge < -0.3 is 4.74 Å². The summed E-state index contributed by atoms with van der Waals surface area (Å²) in [6, 6.07) is 6.21. The molecule has 0 atom stereocenters. The Hall–Kier alpha value is -2.54. The van der Waals surface area contributed by atoms with E-state index in [-0.39, 0.29) is 21.8 Å². The number of rotatable bonds is 4. The fourth-order valence-corrected chi connectivity index (χ4v) is 3.20. The number of sulfone groups is 1. The van der Waals surface area contributed by atoms with Gasteiger partial charge in [-0.1, -0.05) is 0 Å². The van der Waals surface area contributed by atoms with Crippen molar-refractivity contribution >= 4 is 22.5 Å². The molecule has 114 valence electrons. The molecule has 1 aromatic heterocycles. The third-order valence-corrected chi connectivity index (χ3v) is 4.23. The summed E-state index contributed by atoms with van der Waals surface area (Å²) in [6.45, 7) is 4.70. The lowest BCUT2D eigenvalue weighted by Gasteiger charge is -2.14. The summed E-state index contributed by atoms with van der Waals surface area (Å²) in [4.78, 5) is 18.9. The number of hydrogen-bond acceptors (Lipinski definition) is 5. The van der Waals surface area contributed by atoms with Gasteiger partial charge in [-0.05, 0) is 43.5 Å². The van der Waals surface area contributed by atoms with Crippen LogP contribution in [-0.2, 0) is 9.84 Å². The van der Waals surface area contributed by atoms with Gasteiger partial charge in [-0.3, -0.25) is 9.78 Å². The van der Waals surface area contributed by atoms with Crippen LogP contribution in [0.1, 0.15) is 15.9 Å². The molecule has 1 heterocycles. The number of carbonyl (C=O) groups excluding carboxylic acids is 1. The van der Waals surface area contributed by atoms with E-state index in [9.17, 15) is 13.2 Å². The molecule has 0 unspecified atom stereocenters. The Balaban J connectivity index is 2.62. The Morgan fingerprint density at radius 3 is 2.59 bits per heavy atom. The first-order valence-electron chi connectivity index (χ1n) is 6.27. The Kier molecular flexibility index (Phi) is 4.37. The van der Waals surface area contributed by atoms with Crippen LogP contribution in [0.25, 0.3) is 0 Å². The van der Waals surface area contributed by atoms with Crippen molar-refractivity contribution in [3.8, 4) is 11.5 Å². The second-order valence-corrected chi connectivity index (χ2v) is 6.54. The second-order valence-electron chi connectivity index (χ2n) is 4.59. The number of hydrogen-bond donors (Lipinski definition) is 0. The maximum Gasteiger partial charge on any atom is 0.276 e. The number of amides is 1. The van der Waals surface area contributed by atoms with Crippen molar-refractivity contribution in [1.29, 1.82) is 0 Å². The Labute approximate surface area is 128 Å². The summed E-state index contributed by atoms with van der Waals surface area (Å²) in [6.07, 6.45) is 4.10. The molecule has 1 amide bonds. The van der Waals surface area contributed by atoms with Crippen LogP contribution < -0.4 is 4.74 Å². The number of aliphatic imine (C=N–C) groups is 1. The van der Waals surface area contributed by atoms with Crippen molar-refractivity contribution in [2.45, 2.75) is 11.8 Å². The van der Waals surface area contributed by atoms with E-state index in [0.29, 0.717) is 5.75 Å². The summed E-state index contributed by atoms with van der Waals surface area (Å²) in [7, 11) is -3.61. The number of ether oxygens (including phenoxy) is 1. The molecule has 0 aliphatic rings. The van der Waals surface area contributed by atoms with Gasteiger partial charge in [-0.25, -0.2) is 13.4 Å². The van der Waals surface area contributed by atoms with Crippen LogP contribution in [0.3, 0.4) is 0 Å². The lowest BCUT2D eigenvalue weighted by atomic mass is 10.1. The summed E-state index contributed by atoms with van der Waals surface area (Å²) in [5.41, 5.74) is 0.454. The Morgan fingerprint density at radius 2 is 2.05 bits per heavy atom. The molecule has 0 saturated carbocycles. The molecular weight excluding hydrogens is 304 g/mol. The molecule has 0 aliphatic heterocycles. The molecule has 0 N–H and O–H groups in total. The molecule has 1 aromatic carbocycles. The number of carbonyl (C=O) groups is 1. The van der Waals surface area contributed by atoms with E-state index < -0.39 is 15.7 Å². The zero-order valence-corrected chi connectivity index (χ0v) is 12.9. The van der Waals surface area contributed by atoms with Crippen LogP contribution in [0.15, 0.2) is 46.5 Å². The van der Waals surface area contributed by atoms with Gasteiger partial charge in [-0.15, -0.1) is 0 Å². The van der Waals surface area contributed by atoms with Crippen molar-refractivity contribution in [1.82, 2.24) is 4.98 Å². The molecule has 0 radical (unpaired) electrons. The molecule has 22 heavy (non-hydrogen) atoms. The number of benzene rings is 1. The van der Waals surface area contributed by atoms with Crippen molar-refractivity contribution in [3.05, 3.63) is 47.8 Å². The highest BCUT2D eigenvalue weighted by molar-refractivity contribution is 7.90. The van der Waals surface area contributed by atoms with E-state index in [1.165, 1.54) is 25.3 Å². The van der Waals surface area contributed by atoms with E-state index in [0.717, 1.165) is 6.26 Å². The first-order chi connectivity index (χ1) is 10.3. The van der Waals surface area contributed by atoms with E-state index in [4.69, 9.17) is 4.74 Å². The number of pyridine rings is 1. The quantitative estimate of drug-likeness (QED) is 0.808. The van der Waals surface area contributed by atoms with Crippen molar-refractivity contribution < 1.29 is 17.9 Å². The minimum Gasteiger partial charge on any atom is -0.454 e. The first-order valence-corrected chi connectivity index (χ1v) is 8.16. The molecule has 0 saturated heterocycles. The molecule has 0 aliphatic carbocycles. The van der Waals surface area contributed by atoms with E-state index >= 15 is 0 Å². The maximum absolute atomic E-state index is 12.1. The summed E-state index contributed by atoms with van der Waals surface area (Å²) in [5.74, 6) is -0.0586. The standard InChI is InChI=1S/C15H14N2O4S/c1-10-12(15(18)16-2)6-7-13(14(10)22(3,19)20)21-11-5-4-8-17-9-11/h4-9H,2H2,1,3H3. The Morgan fingerprint density at radius 1 is 1.32 bits per heavy atom. The predicted octanol–water partition coefficient (Wildman–Crippen LogP) is 2.43. The third kappa shape index (κ3) is 3.20. The van der Waals surface area contributed by atoms with Crippen LogP contribution in [0.4, 0.5) is 0 Å². The van der Waals surface area contributed by atoms with Gasteiger partial charge in [0.15, 0.2) is 9.84 Å². The second kappa shape index (κ2) is 6.07. The minimum absolute atomic E-state index is 0.0501. The van der Waals surface area contributed by atoms with E-state index in [1.54, 1.807) is 18.3 Å². The van der Waals surface area contributed by atoms with Crippen LogP contribution in [0.2, 0.25) is 0 Å². The zero-order chi connectivity index (χ0) is 16.3. The minimum atomic E-state index is -3.61. The molecule has 0 spiro atoms. The normalized spacial score (nSPS) is 11.0. The fourth-order valence-electron chi connectivity index (χ4n) is 2.06. The monoisotopic (exact) mass is 318 g/mol. The van der Waals surface area contributed by atoms with Gasteiger partial charge in [0.2, 0.25) is 0 Å². The Bertz CT molecular complexity index is 830. The van der Waals surface area contributed by atoms with Crippen molar-refractivity contribution in [2.24, 2.45) is 4.99 Å². The van der Waals surface area contributed by atoms with Crippen molar-refractivity contribution in [2.75, 3.05) is 6.26 Å². The van der Waals surface area contributed by atoms with Gasteiger partial charge in [0, 0.05) is 18.0 Å². The van der Waals surface area contributed by atoms with Crippen LogP contribution in [0, 0.1) is 6.92 Å². The largest absolute Gasteiger partial charge is 0.454 e. The van der Waals surface area contributed by atoms with E-state index in [1.807, 2.05) is 0 Å². The smallest absolute Gasteiger partial charge is 0.276 e. The zero-order valence-electron chi connectivity index (χ0n) is 12.1. The van der Waals surface area contributed by atoms with Gasteiger partial charge in [0.05, 0.1) is 6.20 Å². The van der Waals surface area contributed by atoms with Crippen LogP contribution in [0.5, 0.6) is 11.5 Å². The summed E-state index contributed by atoms with van der Waals surface area (Å²) < 4.78 is 29.7. The SMILES string of the molecule is C=NC(=O)c1ccc(Oc2cccnc2)c(S(C)(=O)=O)c1C. The molecule has 0 bridgehead atoms. The van der Waals surface area contributed by atoms with Gasteiger partial charge in [-0.2, -0.15) is 0 Å². The van der Waals surface area contributed by atoms with Gasteiger partial charge in [0.1, 0.15) is 16.4 Å². The molecule has 2 rings (SSSR count). The van der Waals surface area contributed by atoms with Crippen molar-refractivity contribution in [3.63, 3.8) is 0 Å².